The fraction of sp³-hybridized carbons (Fsp3) is 0.188. The SMILES string of the molecule is O=C(O)c1ccccc1CCc1ccc2c(c1)OCO2. The Morgan fingerprint density at radius 2 is 1.85 bits per heavy atom. The van der Waals surface area contributed by atoms with Gasteiger partial charge in [0.05, 0.1) is 5.56 Å². The van der Waals surface area contributed by atoms with E-state index in [0.717, 1.165) is 29.0 Å². The first-order chi connectivity index (χ1) is 9.74. The summed E-state index contributed by atoms with van der Waals surface area (Å²) in [4.78, 5) is 11.1. The van der Waals surface area contributed by atoms with Crippen molar-refractivity contribution >= 4 is 5.97 Å². The van der Waals surface area contributed by atoms with Gasteiger partial charge in [-0.1, -0.05) is 24.3 Å². The lowest BCUT2D eigenvalue weighted by atomic mass is 9.99. The summed E-state index contributed by atoms with van der Waals surface area (Å²) >= 11 is 0. The molecular weight excluding hydrogens is 256 g/mol. The highest BCUT2D eigenvalue weighted by atomic mass is 16.7. The molecular formula is C16H14O4. The monoisotopic (exact) mass is 270 g/mol. The molecule has 1 heterocycles. The van der Waals surface area contributed by atoms with Gasteiger partial charge in [-0.2, -0.15) is 0 Å². The maximum absolute atomic E-state index is 11.1. The van der Waals surface area contributed by atoms with Gasteiger partial charge in [0.15, 0.2) is 11.5 Å². The van der Waals surface area contributed by atoms with Gasteiger partial charge in [0.2, 0.25) is 6.79 Å². The first kappa shape index (κ1) is 12.5. The average Bonchev–Trinajstić information content (AvgIpc) is 2.92. The molecule has 0 aliphatic carbocycles. The Morgan fingerprint density at radius 1 is 1.05 bits per heavy atom. The van der Waals surface area contributed by atoms with Crippen LogP contribution in [0.4, 0.5) is 0 Å². The maximum atomic E-state index is 11.1. The van der Waals surface area contributed by atoms with Gasteiger partial charge in [-0.15, -0.1) is 0 Å². The van der Waals surface area contributed by atoms with E-state index in [2.05, 4.69) is 0 Å². The van der Waals surface area contributed by atoms with Crippen molar-refractivity contribution in [3.63, 3.8) is 0 Å². The number of fused-ring (bicyclic) bond motifs is 1. The predicted octanol–water partition coefficient (Wildman–Crippen LogP) is 2.90. The molecule has 2 aromatic rings. The number of hydrogen-bond acceptors (Lipinski definition) is 3. The smallest absolute Gasteiger partial charge is 0.335 e. The summed E-state index contributed by atoms with van der Waals surface area (Å²) in [5, 5.41) is 9.15. The second-order valence-electron chi connectivity index (χ2n) is 4.65. The molecule has 0 bridgehead atoms. The van der Waals surface area contributed by atoms with Gasteiger partial charge in [0, 0.05) is 0 Å². The Labute approximate surface area is 116 Å². The van der Waals surface area contributed by atoms with Crippen molar-refractivity contribution in [1.82, 2.24) is 0 Å². The molecule has 0 unspecified atom stereocenters. The van der Waals surface area contributed by atoms with E-state index in [9.17, 15) is 4.79 Å². The third-order valence-corrected chi connectivity index (χ3v) is 3.37. The Balaban J connectivity index is 1.75. The molecule has 1 aliphatic heterocycles. The van der Waals surface area contributed by atoms with Gasteiger partial charge in [0.1, 0.15) is 0 Å². The highest BCUT2D eigenvalue weighted by Crippen LogP contribution is 2.32. The number of aryl methyl sites for hydroxylation is 2. The van der Waals surface area contributed by atoms with Crippen molar-refractivity contribution in [2.24, 2.45) is 0 Å². The molecule has 0 aromatic heterocycles. The predicted molar refractivity (Wildman–Crippen MR) is 73.4 cm³/mol. The van der Waals surface area contributed by atoms with Crippen LogP contribution in [0.15, 0.2) is 42.5 Å². The number of carboxylic acids is 1. The highest BCUT2D eigenvalue weighted by molar-refractivity contribution is 5.89. The second-order valence-corrected chi connectivity index (χ2v) is 4.65. The zero-order valence-corrected chi connectivity index (χ0v) is 10.8. The molecule has 0 amide bonds. The number of benzene rings is 2. The summed E-state index contributed by atoms with van der Waals surface area (Å²) in [7, 11) is 0. The molecule has 4 nitrogen and oxygen atoms in total. The Morgan fingerprint density at radius 3 is 2.70 bits per heavy atom. The number of rotatable bonds is 4. The fourth-order valence-corrected chi connectivity index (χ4v) is 2.32. The molecule has 0 spiro atoms. The van der Waals surface area contributed by atoms with E-state index in [1.165, 1.54) is 0 Å². The van der Waals surface area contributed by atoms with Gasteiger partial charge in [-0.05, 0) is 42.2 Å². The summed E-state index contributed by atoms with van der Waals surface area (Å²) in [6.45, 7) is 0.265. The number of carboxylic acid groups (broad SMARTS) is 1. The molecule has 20 heavy (non-hydrogen) atoms. The summed E-state index contributed by atoms with van der Waals surface area (Å²) < 4.78 is 10.6. The van der Waals surface area contributed by atoms with Crippen LogP contribution >= 0.6 is 0 Å². The maximum Gasteiger partial charge on any atom is 0.335 e. The van der Waals surface area contributed by atoms with Gasteiger partial charge in [-0.25, -0.2) is 4.79 Å². The van der Waals surface area contributed by atoms with Crippen LogP contribution in [0, 0.1) is 0 Å². The number of carbonyl (C=O) groups is 1. The van der Waals surface area contributed by atoms with Crippen LogP contribution in [0.5, 0.6) is 11.5 Å². The van der Waals surface area contributed by atoms with Crippen LogP contribution in [0.25, 0.3) is 0 Å². The first-order valence-corrected chi connectivity index (χ1v) is 6.44. The summed E-state index contributed by atoms with van der Waals surface area (Å²) in [5.41, 5.74) is 2.32. The molecule has 0 fully saturated rings. The topological polar surface area (TPSA) is 55.8 Å². The van der Waals surface area contributed by atoms with Gasteiger partial charge in [0.25, 0.3) is 0 Å². The van der Waals surface area contributed by atoms with Crippen molar-refractivity contribution in [2.75, 3.05) is 6.79 Å². The van der Waals surface area contributed by atoms with Crippen LogP contribution in [-0.2, 0) is 12.8 Å². The number of aromatic carboxylic acids is 1. The molecule has 0 saturated carbocycles. The first-order valence-electron chi connectivity index (χ1n) is 6.44. The van der Waals surface area contributed by atoms with Crippen LogP contribution in [0.1, 0.15) is 21.5 Å². The molecule has 1 N–H and O–H groups in total. The highest BCUT2D eigenvalue weighted by Gasteiger charge is 2.14. The van der Waals surface area contributed by atoms with Gasteiger partial charge >= 0.3 is 5.97 Å². The molecule has 1 aliphatic rings. The minimum absolute atomic E-state index is 0.265. The van der Waals surface area contributed by atoms with Crippen molar-refractivity contribution < 1.29 is 19.4 Å². The van der Waals surface area contributed by atoms with E-state index in [4.69, 9.17) is 14.6 Å². The largest absolute Gasteiger partial charge is 0.478 e. The van der Waals surface area contributed by atoms with Gasteiger partial charge < -0.3 is 14.6 Å². The van der Waals surface area contributed by atoms with Crippen LogP contribution in [-0.4, -0.2) is 17.9 Å². The average molecular weight is 270 g/mol. The minimum atomic E-state index is -0.883. The van der Waals surface area contributed by atoms with Crippen LogP contribution in [0.2, 0.25) is 0 Å². The number of hydrogen-bond donors (Lipinski definition) is 1. The molecule has 4 heteroatoms. The van der Waals surface area contributed by atoms with Crippen molar-refractivity contribution in [2.45, 2.75) is 12.8 Å². The Hall–Kier alpha value is -2.49. The molecule has 0 atom stereocenters. The Kier molecular flexibility index (Phi) is 3.29. The van der Waals surface area contributed by atoms with Crippen LogP contribution < -0.4 is 9.47 Å². The lowest BCUT2D eigenvalue weighted by molar-refractivity contribution is 0.0695. The van der Waals surface area contributed by atoms with E-state index >= 15 is 0 Å². The second kappa shape index (κ2) is 5.25. The third kappa shape index (κ3) is 2.45. The van der Waals surface area contributed by atoms with E-state index in [0.29, 0.717) is 12.0 Å². The minimum Gasteiger partial charge on any atom is -0.478 e. The van der Waals surface area contributed by atoms with E-state index in [-0.39, 0.29) is 6.79 Å². The summed E-state index contributed by atoms with van der Waals surface area (Å²) in [6, 6.07) is 12.9. The van der Waals surface area contributed by atoms with E-state index < -0.39 is 5.97 Å². The summed E-state index contributed by atoms with van der Waals surface area (Å²) in [5.74, 6) is 0.639. The van der Waals surface area contributed by atoms with Gasteiger partial charge in [-0.3, -0.25) is 0 Å². The standard InChI is InChI=1S/C16H14O4/c17-16(18)13-4-2-1-3-12(13)7-5-11-6-8-14-15(9-11)20-10-19-14/h1-4,6,8-9H,5,7,10H2,(H,17,18). The van der Waals surface area contributed by atoms with Crippen molar-refractivity contribution in [3.8, 4) is 11.5 Å². The zero-order chi connectivity index (χ0) is 13.9. The summed E-state index contributed by atoms with van der Waals surface area (Å²) in [6.07, 6.45) is 1.45. The fourth-order valence-electron chi connectivity index (χ4n) is 2.32. The molecule has 0 saturated heterocycles. The lowest BCUT2D eigenvalue weighted by Crippen LogP contribution is -2.03. The number of ether oxygens (including phenoxy) is 2. The quantitative estimate of drug-likeness (QED) is 0.928. The lowest BCUT2D eigenvalue weighted by Gasteiger charge is -2.06. The van der Waals surface area contributed by atoms with Crippen molar-refractivity contribution in [1.29, 1.82) is 0 Å². The van der Waals surface area contributed by atoms with E-state index in [1.54, 1.807) is 12.1 Å². The normalized spacial score (nSPS) is 12.4. The molecule has 3 rings (SSSR count). The Bertz CT molecular complexity index is 649. The molecule has 2 aromatic carbocycles. The molecule has 102 valence electrons. The van der Waals surface area contributed by atoms with Crippen molar-refractivity contribution in [3.05, 3.63) is 59.2 Å². The van der Waals surface area contributed by atoms with E-state index in [1.807, 2.05) is 30.3 Å². The third-order valence-electron chi connectivity index (χ3n) is 3.37. The zero-order valence-electron chi connectivity index (χ0n) is 10.8. The molecule has 0 radical (unpaired) electrons. The van der Waals surface area contributed by atoms with Crippen LogP contribution in [0.3, 0.4) is 0 Å².